The Bertz CT molecular complexity index is 372. The van der Waals surface area contributed by atoms with Crippen LogP contribution >= 0.6 is 0 Å². The predicted octanol–water partition coefficient (Wildman–Crippen LogP) is 2.58. The highest BCUT2D eigenvalue weighted by molar-refractivity contribution is 5.70. The maximum absolute atomic E-state index is 10.3. The summed E-state index contributed by atoms with van der Waals surface area (Å²) in [5.41, 5.74) is 1.32. The van der Waals surface area contributed by atoms with Crippen LogP contribution in [0.15, 0.2) is 47.8 Å². The van der Waals surface area contributed by atoms with Gasteiger partial charge in [-0.05, 0) is 12.8 Å². The highest BCUT2D eigenvalue weighted by atomic mass is 16.5. The number of hydrogen-bond donors (Lipinski definition) is 0. The number of carbonyl (C=O) groups excluding carboxylic acids is 1. The molecule has 1 heterocycles. The molecule has 2 rings (SSSR count). The topological polar surface area (TPSA) is 35.5 Å². The average Bonchev–Trinajstić information content (AvgIpc) is 2.31. The molecule has 0 bridgehead atoms. The van der Waals surface area contributed by atoms with Gasteiger partial charge in [0.15, 0.2) is 6.29 Å². The van der Waals surface area contributed by atoms with Gasteiger partial charge in [0.1, 0.15) is 18.3 Å². The van der Waals surface area contributed by atoms with E-state index in [0.29, 0.717) is 6.29 Å². The molecule has 0 amide bonds. The zero-order valence-corrected chi connectivity index (χ0v) is 8.31. The summed E-state index contributed by atoms with van der Waals surface area (Å²) >= 11 is 0. The van der Waals surface area contributed by atoms with Crippen molar-refractivity contribution in [3.8, 4) is 0 Å². The third kappa shape index (κ3) is 2.59. The molecule has 0 saturated heterocycles. The van der Waals surface area contributed by atoms with Crippen LogP contribution < -0.4 is 0 Å². The average molecular weight is 204 g/mol. The maximum Gasteiger partial charge on any atom is 0.201 e. The second-order valence-corrected chi connectivity index (χ2v) is 3.43. The van der Waals surface area contributed by atoms with E-state index in [2.05, 4.69) is 18.2 Å². The maximum atomic E-state index is 10.3. The van der Waals surface area contributed by atoms with Crippen LogP contribution in [0.3, 0.4) is 0 Å². The Hall–Kier alpha value is -1.77. The van der Waals surface area contributed by atoms with Crippen LogP contribution in [0.4, 0.5) is 0 Å². The number of rotatable bonds is 3. The Morgan fingerprint density at radius 3 is 2.87 bits per heavy atom. The predicted molar refractivity (Wildman–Crippen MR) is 55.5 cm³/mol. The van der Waals surface area contributed by atoms with Crippen molar-refractivity contribution in [3.63, 3.8) is 0 Å². The van der Waals surface area contributed by atoms with Crippen LogP contribution in [0.2, 0.25) is 0 Å². The van der Waals surface area contributed by atoms with Crippen molar-refractivity contribution in [2.75, 3.05) is 0 Å². The van der Waals surface area contributed by atoms with Crippen LogP contribution in [0.5, 0.6) is 0 Å². The van der Waals surface area contributed by atoms with Crippen molar-refractivity contribution in [1.29, 1.82) is 0 Å². The van der Waals surface area contributed by atoms with Crippen LogP contribution in [-0.2, 0) is 14.3 Å². The molecule has 3 heteroatoms. The Kier molecular flexibility index (Phi) is 3.02. The molecule has 1 aliphatic carbocycles. The summed E-state index contributed by atoms with van der Waals surface area (Å²) in [6.45, 7) is 0. The molecule has 0 unspecified atom stereocenters. The second kappa shape index (κ2) is 4.64. The van der Waals surface area contributed by atoms with Crippen molar-refractivity contribution >= 4 is 6.29 Å². The lowest BCUT2D eigenvalue weighted by molar-refractivity contribution is -0.107. The lowest BCUT2D eigenvalue weighted by Gasteiger charge is -2.14. The highest BCUT2D eigenvalue weighted by Gasteiger charge is 2.10. The molecule has 0 aromatic rings. The van der Waals surface area contributed by atoms with Crippen LogP contribution in [0.1, 0.15) is 19.3 Å². The monoisotopic (exact) mass is 204 g/mol. The molecule has 0 aromatic heterocycles. The van der Waals surface area contributed by atoms with Gasteiger partial charge < -0.3 is 9.47 Å². The normalized spacial score (nSPS) is 19.3. The SMILES string of the molecule is O=CC1=COC(CC2=CC=CCC2)=CO1. The van der Waals surface area contributed by atoms with E-state index in [1.165, 1.54) is 18.1 Å². The Morgan fingerprint density at radius 2 is 2.27 bits per heavy atom. The zero-order chi connectivity index (χ0) is 10.5. The summed E-state index contributed by atoms with van der Waals surface area (Å²) in [6.07, 6.45) is 12.6. The van der Waals surface area contributed by atoms with Gasteiger partial charge in [-0.2, -0.15) is 0 Å². The molecule has 0 spiro atoms. The zero-order valence-electron chi connectivity index (χ0n) is 8.31. The van der Waals surface area contributed by atoms with Gasteiger partial charge in [0.2, 0.25) is 5.76 Å². The van der Waals surface area contributed by atoms with E-state index in [9.17, 15) is 4.79 Å². The Labute approximate surface area is 88.4 Å². The molecule has 0 saturated carbocycles. The molecular weight excluding hydrogens is 192 g/mol. The van der Waals surface area contributed by atoms with E-state index < -0.39 is 0 Å². The highest BCUT2D eigenvalue weighted by Crippen LogP contribution is 2.23. The lowest BCUT2D eigenvalue weighted by atomic mass is 10.0. The van der Waals surface area contributed by atoms with Crippen molar-refractivity contribution in [1.82, 2.24) is 0 Å². The third-order valence-electron chi connectivity index (χ3n) is 2.27. The van der Waals surface area contributed by atoms with Crippen molar-refractivity contribution in [3.05, 3.63) is 47.8 Å². The van der Waals surface area contributed by atoms with Crippen LogP contribution in [0, 0.1) is 0 Å². The van der Waals surface area contributed by atoms with Gasteiger partial charge in [-0.25, -0.2) is 0 Å². The fourth-order valence-corrected chi connectivity index (χ4v) is 1.49. The van der Waals surface area contributed by atoms with Crippen molar-refractivity contribution in [2.45, 2.75) is 19.3 Å². The fraction of sp³-hybridized carbons (Fsp3) is 0.250. The standard InChI is InChI=1S/C12H12O3/c13-7-12-9-14-11(8-15-12)6-10-4-2-1-3-5-10/h1-2,4,7-9H,3,5-6H2. The van der Waals surface area contributed by atoms with Gasteiger partial charge >= 0.3 is 0 Å². The first kappa shape index (κ1) is 9.77. The van der Waals surface area contributed by atoms with Gasteiger partial charge in [-0.3, -0.25) is 4.79 Å². The second-order valence-electron chi connectivity index (χ2n) is 3.43. The van der Waals surface area contributed by atoms with E-state index in [0.717, 1.165) is 25.0 Å². The first-order valence-electron chi connectivity index (χ1n) is 4.91. The van der Waals surface area contributed by atoms with Crippen molar-refractivity contribution < 1.29 is 14.3 Å². The molecule has 2 aliphatic rings. The van der Waals surface area contributed by atoms with Gasteiger partial charge in [0.05, 0.1) is 0 Å². The van der Waals surface area contributed by atoms with E-state index in [1.54, 1.807) is 0 Å². The van der Waals surface area contributed by atoms with E-state index >= 15 is 0 Å². The smallest absolute Gasteiger partial charge is 0.201 e. The summed E-state index contributed by atoms with van der Waals surface area (Å²) in [7, 11) is 0. The molecule has 15 heavy (non-hydrogen) atoms. The largest absolute Gasteiger partial charge is 0.462 e. The number of ether oxygens (including phenoxy) is 2. The molecule has 0 N–H and O–H groups in total. The molecule has 1 aliphatic heterocycles. The van der Waals surface area contributed by atoms with Gasteiger partial charge in [-0.1, -0.05) is 23.8 Å². The van der Waals surface area contributed by atoms with E-state index in [1.807, 2.05) is 0 Å². The van der Waals surface area contributed by atoms with Gasteiger partial charge in [-0.15, -0.1) is 0 Å². The molecule has 0 aromatic carbocycles. The molecule has 3 nitrogen and oxygen atoms in total. The lowest BCUT2D eigenvalue weighted by Crippen LogP contribution is -2.01. The number of allylic oxidation sites excluding steroid dienone is 5. The Balaban J connectivity index is 1.92. The van der Waals surface area contributed by atoms with Gasteiger partial charge in [0, 0.05) is 6.42 Å². The first-order valence-corrected chi connectivity index (χ1v) is 4.91. The minimum absolute atomic E-state index is 0.205. The Morgan fingerprint density at radius 1 is 1.33 bits per heavy atom. The van der Waals surface area contributed by atoms with E-state index in [-0.39, 0.29) is 5.76 Å². The number of carbonyl (C=O) groups is 1. The minimum atomic E-state index is 0.205. The molecule has 0 fully saturated rings. The summed E-state index contributed by atoms with van der Waals surface area (Å²) in [5.74, 6) is 0.943. The number of hydrogen-bond acceptors (Lipinski definition) is 3. The summed E-state index contributed by atoms with van der Waals surface area (Å²) in [4.78, 5) is 10.3. The van der Waals surface area contributed by atoms with Crippen LogP contribution in [0.25, 0.3) is 0 Å². The molecular formula is C12H12O3. The quantitative estimate of drug-likeness (QED) is 0.663. The summed E-state index contributed by atoms with van der Waals surface area (Å²) in [6, 6.07) is 0. The van der Waals surface area contributed by atoms with Crippen LogP contribution in [-0.4, -0.2) is 6.29 Å². The minimum Gasteiger partial charge on any atom is -0.462 e. The molecule has 78 valence electrons. The molecule has 0 radical (unpaired) electrons. The third-order valence-corrected chi connectivity index (χ3v) is 2.27. The van der Waals surface area contributed by atoms with Gasteiger partial charge in [0.25, 0.3) is 0 Å². The molecule has 0 atom stereocenters. The fourth-order valence-electron chi connectivity index (χ4n) is 1.49. The first-order chi connectivity index (χ1) is 7.38. The van der Waals surface area contributed by atoms with Crippen molar-refractivity contribution in [2.24, 2.45) is 0 Å². The number of aldehydes is 1. The van der Waals surface area contributed by atoms with E-state index in [4.69, 9.17) is 9.47 Å². The summed E-state index contributed by atoms with van der Waals surface area (Å²) < 4.78 is 10.3. The summed E-state index contributed by atoms with van der Waals surface area (Å²) in [5, 5.41) is 0.